The number of benzene rings is 5. The van der Waals surface area contributed by atoms with Crippen LogP contribution in [-0.2, 0) is 56.8 Å². The van der Waals surface area contributed by atoms with Crippen molar-refractivity contribution in [3.8, 4) is 34.0 Å². The molecule has 2 amide bonds. The highest BCUT2D eigenvalue weighted by Gasteiger charge is 2.26. The van der Waals surface area contributed by atoms with Crippen LogP contribution in [0, 0.1) is 0 Å². The molecule has 4 heterocycles. The van der Waals surface area contributed by atoms with Gasteiger partial charge in [0.25, 0.3) is 5.91 Å². The summed E-state index contributed by atoms with van der Waals surface area (Å²) in [5.74, 6) is 2.95. The van der Waals surface area contributed by atoms with Crippen molar-refractivity contribution < 1.29 is 19.1 Å². The first kappa shape index (κ1) is 42.9. The van der Waals surface area contributed by atoms with E-state index in [0.29, 0.717) is 40.2 Å². The zero-order chi connectivity index (χ0) is 44.3. The molecule has 0 fully saturated rings. The van der Waals surface area contributed by atoms with Crippen LogP contribution in [0.25, 0.3) is 22.5 Å². The lowest BCUT2D eigenvalue weighted by molar-refractivity contribution is -0.129. The lowest BCUT2D eigenvalue weighted by Crippen LogP contribution is -2.33. The monoisotopic (exact) mass is 892 g/mol. The largest absolute Gasteiger partial charge is 0.493 e. The van der Waals surface area contributed by atoms with Gasteiger partial charge in [0.15, 0.2) is 11.5 Å². The van der Waals surface area contributed by atoms with Gasteiger partial charge in [-0.1, -0.05) is 77.8 Å². The summed E-state index contributed by atoms with van der Waals surface area (Å²) in [5.41, 5.74) is 8.93. The molecule has 0 aliphatic carbocycles. The second-order valence-electron chi connectivity index (χ2n) is 16.8. The minimum Gasteiger partial charge on any atom is -0.493 e. The number of aromatic nitrogens is 4. The Bertz CT molecular complexity index is 2770. The van der Waals surface area contributed by atoms with E-state index in [0.717, 1.165) is 101 Å². The summed E-state index contributed by atoms with van der Waals surface area (Å²) in [6, 6.07) is 35.0. The third kappa shape index (κ3) is 9.59. The van der Waals surface area contributed by atoms with E-state index < -0.39 is 0 Å². The summed E-state index contributed by atoms with van der Waals surface area (Å²) in [6.07, 6.45) is 8.57. The number of halogens is 2. The Morgan fingerprint density at radius 2 is 1.38 bits per heavy atom. The number of fused-ring (bicyclic) bond motifs is 2. The normalized spacial score (nSPS) is 13.3. The highest BCUT2D eigenvalue weighted by Crippen LogP contribution is 2.34. The maximum absolute atomic E-state index is 14.7. The molecule has 2 aromatic heterocycles. The topological polar surface area (TPSA) is 94.7 Å². The Kier molecular flexibility index (Phi) is 12.6. The molecular formula is C52H50Cl2N6O4. The number of likely N-dealkylation sites (N-methyl/N-ethyl adjacent to an activating group) is 1. The number of nitrogens with zero attached hydrogens (tertiary/aromatic N) is 6. The van der Waals surface area contributed by atoms with Crippen LogP contribution in [0.4, 0.5) is 0 Å². The number of carbonyl (C=O) groups is 2. The van der Waals surface area contributed by atoms with E-state index in [4.69, 9.17) is 42.6 Å². The van der Waals surface area contributed by atoms with Gasteiger partial charge in [-0.15, -0.1) is 0 Å². The van der Waals surface area contributed by atoms with Crippen LogP contribution in [0.2, 0.25) is 10.0 Å². The van der Waals surface area contributed by atoms with Crippen molar-refractivity contribution in [3.63, 3.8) is 0 Å². The first-order chi connectivity index (χ1) is 31.1. The predicted octanol–water partition coefficient (Wildman–Crippen LogP) is 10.8. The van der Waals surface area contributed by atoms with Gasteiger partial charge < -0.3 is 28.4 Å². The number of amides is 2. The molecule has 326 valence electrons. The quantitative estimate of drug-likeness (QED) is 0.102. The van der Waals surface area contributed by atoms with Gasteiger partial charge in [-0.2, -0.15) is 0 Å². The van der Waals surface area contributed by atoms with Crippen LogP contribution in [0.3, 0.4) is 0 Å². The number of rotatable bonds is 15. The van der Waals surface area contributed by atoms with Crippen LogP contribution in [0.15, 0.2) is 122 Å². The van der Waals surface area contributed by atoms with E-state index >= 15 is 0 Å². The van der Waals surface area contributed by atoms with Crippen LogP contribution in [-0.4, -0.2) is 54.9 Å². The highest BCUT2D eigenvalue weighted by atomic mass is 35.5. The standard InChI is InChI=1S/C52H50Cl2N6O4/c1-34(39-11-5-4-6-12-39)60(30-35-10-7-13-40(21-35)45-31-58-18-8-14-49(58)55-45)52(62)41-16-17-47(48(27-41)63-3)64-33-38-20-37(22-42(23-38)46-32-59-19-9-15-50(59)56-46)29-57(2)51(61)26-36-24-43(53)28-44(54)25-36/h4-7,10-13,16-17,20-25,27-28,31-32,34H,8-9,14-15,18-19,26,29-30,33H2,1-3H3. The third-order valence-electron chi connectivity index (χ3n) is 12.2. The van der Waals surface area contributed by atoms with Crippen molar-refractivity contribution in [2.24, 2.45) is 0 Å². The van der Waals surface area contributed by atoms with Crippen molar-refractivity contribution in [1.82, 2.24) is 28.9 Å². The number of ether oxygens (including phenoxy) is 2. The molecule has 10 nitrogen and oxygen atoms in total. The Labute approximate surface area is 384 Å². The summed E-state index contributed by atoms with van der Waals surface area (Å²) in [4.78, 5) is 41.6. The van der Waals surface area contributed by atoms with Gasteiger partial charge in [0, 0.05) is 85.2 Å². The maximum Gasteiger partial charge on any atom is 0.254 e. The van der Waals surface area contributed by atoms with Gasteiger partial charge in [0.1, 0.15) is 18.3 Å². The maximum atomic E-state index is 14.7. The molecule has 1 atom stereocenters. The highest BCUT2D eigenvalue weighted by molar-refractivity contribution is 6.34. The van der Waals surface area contributed by atoms with Gasteiger partial charge in [-0.3, -0.25) is 9.59 Å². The number of imidazole rings is 2. The summed E-state index contributed by atoms with van der Waals surface area (Å²) >= 11 is 12.4. The third-order valence-corrected chi connectivity index (χ3v) is 12.6. The zero-order valence-electron chi connectivity index (χ0n) is 36.3. The summed E-state index contributed by atoms with van der Waals surface area (Å²) < 4.78 is 16.8. The van der Waals surface area contributed by atoms with E-state index in [9.17, 15) is 9.59 Å². The molecular weight excluding hydrogens is 844 g/mol. The molecule has 64 heavy (non-hydrogen) atoms. The molecule has 7 aromatic rings. The Morgan fingerprint density at radius 3 is 2.06 bits per heavy atom. The lowest BCUT2D eigenvalue weighted by Gasteiger charge is -2.30. The molecule has 9 rings (SSSR count). The molecule has 0 saturated heterocycles. The average molecular weight is 894 g/mol. The fraction of sp³-hybridized carbons (Fsp3) is 0.269. The first-order valence-corrected chi connectivity index (χ1v) is 22.5. The molecule has 0 spiro atoms. The Hall–Kier alpha value is -6.36. The van der Waals surface area contributed by atoms with Gasteiger partial charge in [-0.05, 0) is 102 Å². The van der Waals surface area contributed by atoms with Crippen LogP contribution in [0.1, 0.15) is 75.6 Å². The zero-order valence-corrected chi connectivity index (χ0v) is 37.8. The number of aryl methyl sites for hydroxylation is 4. The molecule has 0 N–H and O–H groups in total. The van der Waals surface area contributed by atoms with Crippen molar-refractivity contribution in [1.29, 1.82) is 0 Å². The molecule has 12 heteroatoms. The number of carbonyl (C=O) groups excluding carboxylic acids is 2. The SMILES string of the molecule is COc1cc(C(=O)N(Cc2cccc(-c3cn4c(n3)CCC4)c2)C(C)c2ccccc2)ccc1OCc1cc(CN(C)C(=O)Cc2cc(Cl)cc(Cl)c2)cc(-c2cn3c(n2)CCC3)c1. The van der Waals surface area contributed by atoms with Crippen molar-refractivity contribution in [3.05, 3.63) is 177 Å². The molecule has 0 saturated carbocycles. The predicted molar refractivity (Wildman–Crippen MR) is 251 cm³/mol. The summed E-state index contributed by atoms with van der Waals surface area (Å²) in [7, 11) is 3.37. The molecule has 2 aliphatic heterocycles. The van der Waals surface area contributed by atoms with Crippen LogP contribution >= 0.6 is 23.2 Å². The molecule has 2 aliphatic rings. The van der Waals surface area contributed by atoms with E-state index in [1.807, 2.05) is 29.2 Å². The fourth-order valence-electron chi connectivity index (χ4n) is 8.83. The van der Waals surface area contributed by atoms with Gasteiger partial charge in [0.2, 0.25) is 5.91 Å². The Morgan fingerprint density at radius 1 is 0.703 bits per heavy atom. The average Bonchev–Trinajstić information content (AvgIpc) is 4.11. The number of hydrogen-bond acceptors (Lipinski definition) is 6. The number of methoxy groups -OCH3 is 1. The lowest BCUT2D eigenvalue weighted by atomic mass is 10.0. The summed E-state index contributed by atoms with van der Waals surface area (Å²) in [5, 5.41) is 0.983. The van der Waals surface area contributed by atoms with E-state index in [1.165, 1.54) is 0 Å². The van der Waals surface area contributed by atoms with E-state index in [-0.39, 0.29) is 30.9 Å². The molecule has 5 aromatic carbocycles. The molecule has 0 bridgehead atoms. The second kappa shape index (κ2) is 18.8. The van der Waals surface area contributed by atoms with Gasteiger partial charge >= 0.3 is 0 Å². The van der Waals surface area contributed by atoms with Gasteiger partial charge in [-0.25, -0.2) is 9.97 Å². The van der Waals surface area contributed by atoms with Crippen molar-refractivity contribution in [2.75, 3.05) is 14.2 Å². The minimum absolute atomic E-state index is 0.0655. The smallest absolute Gasteiger partial charge is 0.254 e. The van der Waals surface area contributed by atoms with Crippen LogP contribution in [0.5, 0.6) is 11.5 Å². The van der Waals surface area contributed by atoms with Gasteiger partial charge in [0.05, 0.1) is 31.0 Å². The first-order valence-electron chi connectivity index (χ1n) is 21.8. The van der Waals surface area contributed by atoms with Crippen molar-refractivity contribution in [2.45, 2.75) is 77.9 Å². The summed E-state index contributed by atoms with van der Waals surface area (Å²) in [6.45, 7) is 4.99. The van der Waals surface area contributed by atoms with E-state index in [2.05, 4.69) is 77.0 Å². The van der Waals surface area contributed by atoms with Crippen molar-refractivity contribution >= 4 is 35.0 Å². The Balaban J connectivity index is 0.952. The van der Waals surface area contributed by atoms with E-state index in [1.54, 1.807) is 55.5 Å². The fourth-order valence-corrected chi connectivity index (χ4v) is 9.40. The molecule has 1 unspecified atom stereocenters. The second-order valence-corrected chi connectivity index (χ2v) is 17.7. The minimum atomic E-state index is -0.224. The number of hydrogen-bond donors (Lipinski definition) is 0. The molecule has 0 radical (unpaired) electrons. The van der Waals surface area contributed by atoms with Crippen LogP contribution < -0.4 is 9.47 Å².